The lowest BCUT2D eigenvalue weighted by atomic mass is 10.3. The van der Waals surface area contributed by atoms with Crippen LogP contribution in [0.25, 0.3) is 0 Å². The molecule has 0 radical (unpaired) electrons. The SMILES string of the molecule is O=C(O)c1cc(OCCN2CCCC2)nc(C2CC2)n1. The van der Waals surface area contributed by atoms with Gasteiger partial charge in [0.2, 0.25) is 5.88 Å². The van der Waals surface area contributed by atoms with E-state index in [4.69, 9.17) is 9.84 Å². The summed E-state index contributed by atoms with van der Waals surface area (Å²) in [5.41, 5.74) is 0.0260. The lowest BCUT2D eigenvalue weighted by Crippen LogP contribution is -2.25. The van der Waals surface area contributed by atoms with E-state index in [1.54, 1.807) is 0 Å². The van der Waals surface area contributed by atoms with Gasteiger partial charge in [0.1, 0.15) is 12.4 Å². The van der Waals surface area contributed by atoms with Crippen molar-refractivity contribution in [2.45, 2.75) is 31.6 Å². The maximum absolute atomic E-state index is 11.1. The third-order valence-electron chi connectivity index (χ3n) is 3.74. The molecule has 0 atom stereocenters. The van der Waals surface area contributed by atoms with Gasteiger partial charge >= 0.3 is 5.97 Å². The van der Waals surface area contributed by atoms with Crippen LogP contribution < -0.4 is 4.74 Å². The standard InChI is InChI=1S/C14H19N3O3/c18-14(19)11-9-12(16-13(15-11)10-3-4-10)20-8-7-17-5-1-2-6-17/h9-10H,1-8H2,(H,18,19). The quantitative estimate of drug-likeness (QED) is 0.849. The fourth-order valence-electron chi connectivity index (χ4n) is 2.44. The highest BCUT2D eigenvalue weighted by Gasteiger charge is 2.28. The first-order chi connectivity index (χ1) is 9.72. The van der Waals surface area contributed by atoms with Crippen LogP contribution in [0.5, 0.6) is 5.88 Å². The van der Waals surface area contributed by atoms with Crippen molar-refractivity contribution in [3.8, 4) is 5.88 Å². The van der Waals surface area contributed by atoms with E-state index in [1.807, 2.05) is 0 Å². The molecule has 2 aliphatic rings. The third-order valence-corrected chi connectivity index (χ3v) is 3.74. The fraction of sp³-hybridized carbons (Fsp3) is 0.643. The molecule has 6 heteroatoms. The first-order valence-electron chi connectivity index (χ1n) is 7.20. The number of carbonyl (C=O) groups is 1. The van der Waals surface area contributed by atoms with Gasteiger partial charge in [-0.05, 0) is 38.8 Å². The van der Waals surface area contributed by atoms with Gasteiger partial charge in [0, 0.05) is 18.5 Å². The van der Waals surface area contributed by atoms with E-state index in [2.05, 4.69) is 14.9 Å². The summed E-state index contributed by atoms with van der Waals surface area (Å²) < 4.78 is 5.62. The Labute approximate surface area is 117 Å². The minimum atomic E-state index is -1.03. The molecule has 1 aromatic heterocycles. The van der Waals surface area contributed by atoms with Gasteiger partial charge < -0.3 is 9.84 Å². The Kier molecular flexibility index (Phi) is 3.82. The molecule has 1 saturated heterocycles. The Bertz CT molecular complexity index is 496. The van der Waals surface area contributed by atoms with Crippen molar-refractivity contribution in [2.24, 2.45) is 0 Å². The molecule has 6 nitrogen and oxygen atoms in total. The Balaban J connectivity index is 1.63. The number of aromatic nitrogens is 2. The van der Waals surface area contributed by atoms with Crippen molar-refractivity contribution in [2.75, 3.05) is 26.2 Å². The number of nitrogens with zero attached hydrogens (tertiary/aromatic N) is 3. The summed E-state index contributed by atoms with van der Waals surface area (Å²) in [6, 6.07) is 1.41. The van der Waals surface area contributed by atoms with Gasteiger partial charge in [-0.25, -0.2) is 9.78 Å². The smallest absolute Gasteiger partial charge is 0.354 e. The molecular formula is C14H19N3O3. The maximum atomic E-state index is 11.1. The fourth-order valence-corrected chi connectivity index (χ4v) is 2.44. The third kappa shape index (κ3) is 3.25. The van der Waals surface area contributed by atoms with Crippen LogP contribution in [0, 0.1) is 0 Å². The second-order valence-corrected chi connectivity index (χ2v) is 5.43. The lowest BCUT2D eigenvalue weighted by molar-refractivity contribution is 0.0689. The number of carboxylic acids is 1. The molecule has 2 heterocycles. The zero-order chi connectivity index (χ0) is 13.9. The Hall–Kier alpha value is -1.69. The Morgan fingerprint density at radius 1 is 1.35 bits per heavy atom. The molecule has 0 amide bonds. The van der Waals surface area contributed by atoms with Crippen LogP contribution in [0.4, 0.5) is 0 Å². The molecule has 3 rings (SSSR count). The van der Waals surface area contributed by atoms with Gasteiger partial charge in [0.25, 0.3) is 0 Å². The average molecular weight is 277 g/mol. The van der Waals surface area contributed by atoms with Crippen LogP contribution in [0.2, 0.25) is 0 Å². The zero-order valence-corrected chi connectivity index (χ0v) is 11.4. The van der Waals surface area contributed by atoms with E-state index in [0.717, 1.165) is 32.5 Å². The van der Waals surface area contributed by atoms with E-state index < -0.39 is 5.97 Å². The molecule has 1 N–H and O–H groups in total. The van der Waals surface area contributed by atoms with Crippen molar-refractivity contribution in [1.82, 2.24) is 14.9 Å². The predicted molar refractivity (Wildman–Crippen MR) is 72.1 cm³/mol. The number of rotatable bonds is 6. The molecule has 0 bridgehead atoms. The van der Waals surface area contributed by atoms with Crippen molar-refractivity contribution in [3.05, 3.63) is 17.6 Å². The summed E-state index contributed by atoms with van der Waals surface area (Å²) in [4.78, 5) is 21.8. The van der Waals surface area contributed by atoms with E-state index >= 15 is 0 Å². The first-order valence-corrected chi connectivity index (χ1v) is 7.20. The van der Waals surface area contributed by atoms with Crippen LogP contribution in [-0.2, 0) is 0 Å². The van der Waals surface area contributed by atoms with Crippen LogP contribution in [0.1, 0.15) is 47.9 Å². The molecule has 108 valence electrons. The Morgan fingerprint density at radius 3 is 2.75 bits per heavy atom. The second-order valence-electron chi connectivity index (χ2n) is 5.43. The highest BCUT2D eigenvalue weighted by molar-refractivity contribution is 5.85. The number of carboxylic acid groups (broad SMARTS) is 1. The lowest BCUT2D eigenvalue weighted by Gasteiger charge is -2.14. The molecule has 0 spiro atoms. The monoisotopic (exact) mass is 277 g/mol. The molecule has 1 aromatic rings. The van der Waals surface area contributed by atoms with Crippen molar-refractivity contribution < 1.29 is 14.6 Å². The molecule has 0 unspecified atom stereocenters. The summed E-state index contributed by atoms with van der Waals surface area (Å²) in [6.45, 7) is 3.66. The van der Waals surface area contributed by atoms with Gasteiger partial charge in [-0.15, -0.1) is 0 Å². The van der Waals surface area contributed by atoms with E-state index in [1.165, 1.54) is 18.9 Å². The minimum absolute atomic E-state index is 0.0260. The Morgan fingerprint density at radius 2 is 2.10 bits per heavy atom. The average Bonchev–Trinajstić information content (AvgIpc) is 3.17. The highest BCUT2D eigenvalue weighted by atomic mass is 16.5. The van der Waals surface area contributed by atoms with Crippen LogP contribution in [-0.4, -0.2) is 52.2 Å². The maximum Gasteiger partial charge on any atom is 0.354 e. The van der Waals surface area contributed by atoms with Crippen molar-refractivity contribution in [1.29, 1.82) is 0 Å². The minimum Gasteiger partial charge on any atom is -0.477 e. The molecular weight excluding hydrogens is 258 g/mol. The summed E-state index contributed by atoms with van der Waals surface area (Å²) in [7, 11) is 0. The van der Waals surface area contributed by atoms with Crippen LogP contribution in [0.15, 0.2) is 6.07 Å². The zero-order valence-electron chi connectivity index (χ0n) is 11.4. The molecule has 2 fully saturated rings. The molecule has 0 aromatic carbocycles. The predicted octanol–water partition coefficient (Wildman–Crippen LogP) is 1.53. The van der Waals surface area contributed by atoms with Gasteiger partial charge in [-0.1, -0.05) is 0 Å². The summed E-state index contributed by atoms with van der Waals surface area (Å²) in [5, 5.41) is 9.08. The summed E-state index contributed by atoms with van der Waals surface area (Å²) in [6.07, 6.45) is 4.58. The van der Waals surface area contributed by atoms with Crippen molar-refractivity contribution in [3.63, 3.8) is 0 Å². The number of hydrogen-bond donors (Lipinski definition) is 1. The van der Waals surface area contributed by atoms with E-state index in [9.17, 15) is 4.79 Å². The first kappa shape index (κ1) is 13.3. The summed E-state index contributed by atoms with van der Waals surface area (Å²) >= 11 is 0. The highest BCUT2D eigenvalue weighted by Crippen LogP contribution is 2.38. The molecule has 1 saturated carbocycles. The van der Waals surface area contributed by atoms with E-state index in [0.29, 0.717) is 24.2 Å². The van der Waals surface area contributed by atoms with Gasteiger partial charge in [-0.3, -0.25) is 4.90 Å². The number of hydrogen-bond acceptors (Lipinski definition) is 5. The van der Waals surface area contributed by atoms with Crippen molar-refractivity contribution >= 4 is 5.97 Å². The molecule has 1 aliphatic carbocycles. The normalized spacial score (nSPS) is 19.2. The largest absolute Gasteiger partial charge is 0.477 e. The van der Waals surface area contributed by atoms with Gasteiger partial charge in [0.05, 0.1) is 0 Å². The van der Waals surface area contributed by atoms with Gasteiger partial charge in [0.15, 0.2) is 5.69 Å². The number of ether oxygens (including phenoxy) is 1. The summed E-state index contributed by atoms with van der Waals surface area (Å²) in [5.74, 6) is 0.286. The van der Waals surface area contributed by atoms with Crippen LogP contribution in [0.3, 0.4) is 0 Å². The second kappa shape index (κ2) is 5.75. The number of likely N-dealkylation sites (tertiary alicyclic amines) is 1. The number of aromatic carboxylic acids is 1. The molecule has 1 aliphatic heterocycles. The van der Waals surface area contributed by atoms with Gasteiger partial charge in [-0.2, -0.15) is 4.98 Å². The topological polar surface area (TPSA) is 75.6 Å². The van der Waals surface area contributed by atoms with Crippen LogP contribution >= 0.6 is 0 Å². The van der Waals surface area contributed by atoms with E-state index in [-0.39, 0.29) is 5.69 Å². The molecule has 20 heavy (non-hydrogen) atoms.